The molecule has 11 heteroatoms. The molecule has 0 fully saturated rings. The highest BCUT2D eigenvalue weighted by Crippen LogP contribution is 2.23. The summed E-state index contributed by atoms with van der Waals surface area (Å²) in [5.74, 6) is -0.666. The number of carbonyl (C=O) groups is 2. The molecule has 3 aromatic carbocycles. The van der Waals surface area contributed by atoms with Gasteiger partial charge in [-0.1, -0.05) is 41.4 Å². The molecule has 0 radical (unpaired) electrons. The molecule has 4 N–H and O–H groups in total. The molecule has 0 aliphatic carbocycles. The van der Waals surface area contributed by atoms with Crippen LogP contribution in [-0.2, 0) is 16.6 Å². The first-order valence-corrected chi connectivity index (χ1v) is 11.3. The Morgan fingerprint density at radius 2 is 1.59 bits per heavy atom. The number of hydrogen-bond acceptors (Lipinski definition) is 5. The lowest BCUT2D eigenvalue weighted by Crippen LogP contribution is -2.36. The Balaban J connectivity index is 1.73. The van der Waals surface area contributed by atoms with Gasteiger partial charge < -0.3 is 15.7 Å². The molecular formula is C21H17Cl2N3O5S. The number of benzene rings is 3. The van der Waals surface area contributed by atoms with E-state index in [0.717, 1.165) is 0 Å². The average molecular weight is 494 g/mol. The Hall–Kier alpha value is -3.27. The number of anilines is 1. The molecule has 3 amide bonds. The number of halogens is 2. The number of sulfonamides is 1. The van der Waals surface area contributed by atoms with Gasteiger partial charge in [0.05, 0.1) is 15.6 Å². The molecule has 0 saturated carbocycles. The third kappa shape index (κ3) is 5.91. The molecule has 3 rings (SSSR count). The minimum Gasteiger partial charge on any atom is -0.508 e. The summed E-state index contributed by atoms with van der Waals surface area (Å²) in [5.41, 5.74) is 0.792. The van der Waals surface area contributed by atoms with Crippen molar-refractivity contribution >= 4 is 50.9 Å². The normalized spacial score (nSPS) is 10.9. The lowest BCUT2D eigenvalue weighted by Gasteiger charge is -2.13. The van der Waals surface area contributed by atoms with Gasteiger partial charge >= 0.3 is 6.03 Å². The van der Waals surface area contributed by atoms with Gasteiger partial charge in [-0.25, -0.2) is 17.9 Å². The maximum Gasteiger partial charge on any atom is 0.333 e. The van der Waals surface area contributed by atoms with Crippen molar-refractivity contribution in [1.29, 1.82) is 0 Å². The number of amides is 3. The van der Waals surface area contributed by atoms with Crippen molar-refractivity contribution < 1.29 is 23.1 Å². The Kier molecular flexibility index (Phi) is 7.24. The van der Waals surface area contributed by atoms with E-state index in [1.54, 1.807) is 18.2 Å². The fourth-order valence-electron chi connectivity index (χ4n) is 2.69. The second-order valence-corrected chi connectivity index (χ2v) is 9.00. The Bertz CT molecular complexity index is 1260. The fraction of sp³-hybridized carbons (Fsp3) is 0.0476. The number of carbonyl (C=O) groups excluding carboxylic acids is 2. The number of phenolic OH excluding ortho intramolecular Hbond substituents is 1. The number of rotatable bonds is 6. The lowest BCUT2D eigenvalue weighted by molar-refractivity contribution is 0.0947. The highest BCUT2D eigenvalue weighted by Gasteiger charge is 2.24. The summed E-state index contributed by atoms with van der Waals surface area (Å²) in [6, 6.07) is 14.7. The van der Waals surface area contributed by atoms with Gasteiger partial charge in [0, 0.05) is 12.2 Å². The van der Waals surface area contributed by atoms with Crippen LogP contribution < -0.4 is 15.4 Å². The molecule has 0 spiro atoms. The van der Waals surface area contributed by atoms with E-state index in [-0.39, 0.29) is 28.4 Å². The summed E-state index contributed by atoms with van der Waals surface area (Å²) in [5, 5.41) is 14.9. The number of urea groups is 1. The smallest absolute Gasteiger partial charge is 0.333 e. The fourth-order valence-corrected chi connectivity index (χ4v) is 4.13. The van der Waals surface area contributed by atoms with Gasteiger partial charge in [-0.05, 0) is 54.1 Å². The van der Waals surface area contributed by atoms with E-state index in [0.29, 0.717) is 15.6 Å². The van der Waals surface area contributed by atoms with Crippen molar-refractivity contribution in [3.8, 4) is 5.75 Å². The van der Waals surface area contributed by atoms with Gasteiger partial charge in [0.25, 0.3) is 15.9 Å². The van der Waals surface area contributed by atoms with Gasteiger partial charge in [0.15, 0.2) is 0 Å². The Morgan fingerprint density at radius 1 is 0.906 bits per heavy atom. The second kappa shape index (κ2) is 9.90. The summed E-state index contributed by atoms with van der Waals surface area (Å²) in [4.78, 5) is 24.4. The monoisotopic (exact) mass is 493 g/mol. The van der Waals surface area contributed by atoms with Crippen LogP contribution in [0.5, 0.6) is 5.75 Å². The largest absolute Gasteiger partial charge is 0.508 e. The summed E-state index contributed by atoms with van der Waals surface area (Å²) < 4.78 is 27.4. The van der Waals surface area contributed by atoms with Crippen molar-refractivity contribution in [2.45, 2.75) is 11.4 Å². The third-order valence-electron chi connectivity index (χ3n) is 4.21. The van der Waals surface area contributed by atoms with Crippen molar-refractivity contribution in [2.75, 3.05) is 5.32 Å². The minimum absolute atomic E-state index is 0.00982. The number of nitrogens with one attached hydrogen (secondary N) is 3. The van der Waals surface area contributed by atoms with E-state index in [4.69, 9.17) is 23.2 Å². The van der Waals surface area contributed by atoms with Gasteiger partial charge in [-0.2, -0.15) is 0 Å². The highest BCUT2D eigenvalue weighted by atomic mass is 35.5. The van der Waals surface area contributed by atoms with E-state index < -0.39 is 22.0 Å². The summed E-state index contributed by atoms with van der Waals surface area (Å²) >= 11 is 11.8. The van der Waals surface area contributed by atoms with E-state index in [9.17, 15) is 23.1 Å². The van der Waals surface area contributed by atoms with Crippen molar-refractivity contribution in [3.05, 3.63) is 87.9 Å². The van der Waals surface area contributed by atoms with E-state index >= 15 is 0 Å². The van der Waals surface area contributed by atoms with Crippen LogP contribution >= 0.6 is 23.2 Å². The molecule has 8 nitrogen and oxygen atoms in total. The topological polar surface area (TPSA) is 125 Å². The second-order valence-electron chi connectivity index (χ2n) is 6.53. The van der Waals surface area contributed by atoms with Crippen LogP contribution in [0.3, 0.4) is 0 Å². The predicted molar refractivity (Wildman–Crippen MR) is 122 cm³/mol. The van der Waals surface area contributed by atoms with Crippen LogP contribution in [-0.4, -0.2) is 25.5 Å². The number of phenols is 1. The quantitative estimate of drug-likeness (QED) is 0.384. The first-order chi connectivity index (χ1) is 15.2. The van der Waals surface area contributed by atoms with Crippen molar-refractivity contribution in [3.63, 3.8) is 0 Å². The average Bonchev–Trinajstić information content (AvgIpc) is 2.75. The lowest BCUT2D eigenvalue weighted by atomic mass is 10.2. The summed E-state index contributed by atoms with van der Waals surface area (Å²) in [6.07, 6.45) is 0. The predicted octanol–water partition coefficient (Wildman–Crippen LogP) is 4.14. The molecule has 3 aromatic rings. The molecule has 166 valence electrons. The van der Waals surface area contributed by atoms with Gasteiger partial charge in [-0.3, -0.25) is 4.79 Å². The van der Waals surface area contributed by atoms with E-state index in [1.807, 2.05) is 4.72 Å². The molecular weight excluding hydrogens is 477 g/mol. The van der Waals surface area contributed by atoms with Crippen LogP contribution in [0.4, 0.5) is 10.5 Å². The van der Waals surface area contributed by atoms with E-state index in [1.165, 1.54) is 48.5 Å². The maximum absolute atomic E-state index is 12.7. The molecule has 0 heterocycles. The first-order valence-electron chi connectivity index (χ1n) is 9.10. The Morgan fingerprint density at radius 3 is 2.28 bits per heavy atom. The third-order valence-corrected chi connectivity index (χ3v) is 6.34. The molecule has 0 atom stereocenters. The molecule has 0 aliphatic rings. The maximum atomic E-state index is 12.7. The number of hydrogen-bond donors (Lipinski definition) is 4. The zero-order valence-electron chi connectivity index (χ0n) is 16.3. The van der Waals surface area contributed by atoms with Crippen LogP contribution in [0.25, 0.3) is 0 Å². The van der Waals surface area contributed by atoms with Gasteiger partial charge in [0.2, 0.25) is 0 Å². The minimum atomic E-state index is -4.37. The molecule has 32 heavy (non-hydrogen) atoms. The molecule has 0 bridgehead atoms. The Labute approximate surface area is 194 Å². The molecule has 0 unspecified atom stereocenters. The van der Waals surface area contributed by atoms with Crippen LogP contribution in [0, 0.1) is 0 Å². The number of aromatic hydroxyl groups is 1. The molecule has 0 saturated heterocycles. The van der Waals surface area contributed by atoms with Crippen LogP contribution in [0.1, 0.15) is 15.9 Å². The SMILES string of the molecule is O=C(Nc1ccc(O)cc1)NS(=O)(=O)c1ccccc1C(=O)NCc1ccc(Cl)c(Cl)c1. The molecule has 0 aliphatic heterocycles. The van der Waals surface area contributed by atoms with Gasteiger partial charge in [-0.15, -0.1) is 0 Å². The van der Waals surface area contributed by atoms with Crippen molar-refractivity contribution in [2.24, 2.45) is 0 Å². The molecule has 0 aromatic heterocycles. The summed E-state index contributed by atoms with van der Waals surface area (Å²) in [7, 11) is -4.37. The van der Waals surface area contributed by atoms with E-state index in [2.05, 4.69) is 10.6 Å². The van der Waals surface area contributed by atoms with Gasteiger partial charge in [0.1, 0.15) is 10.6 Å². The van der Waals surface area contributed by atoms with Crippen molar-refractivity contribution in [1.82, 2.24) is 10.0 Å². The standard InChI is InChI=1S/C21H17Cl2N3O5S/c22-17-10-5-13(11-18(17)23)12-24-20(28)16-3-1-2-4-19(16)32(30,31)26-21(29)25-14-6-8-15(27)9-7-14/h1-11,27H,12H2,(H,24,28)(H2,25,26,29). The summed E-state index contributed by atoms with van der Waals surface area (Å²) in [6.45, 7) is 0.0822. The zero-order chi connectivity index (χ0) is 23.3. The zero-order valence-corrected chi connectivity index (χ0v) is 18.6. The first kappa shape index (κ1) is 23.4. The highest BCUT2D eigenvalue weighted by molar-refractivity contribution is 7.90. The van der Waals surface area contributed by atoms with Crippen LogP contribution in [0.15, 0.2) is 71.6 Å². The van der Waals surface area contributed by atoms with Crippen LogP contribution in [0.2, 0.25) is 10.0 Å².